The molecule has 3 aromatic heterocycles. The van der Waals surface area contributed by atoms with Crippen LogP contribution in [0.25, 0.3) is 10.8 Å². The molecular formula is C26H32FN7O3S. The quantitative estimate of drug-likeness (QED) is 0.498. The first-order valence-corrected chi connectivity index (χ1v) is 14.6. The van der Waals surface area contributed by atoms with Gasteiger partial charge >= 0.3 is 0 Å². The van der Waals surface area contributed by atoms with Crippen molar-refractivity contribution in [3.63, 3.8) is 0 Å². The zero-order chi connectivity index (χ0) is 26.9. The van der Waals surface area contributed by atoms with Crippen LogP contribution >= 0.6 is 0 Å². The second-order valence-corrected chi connectivity index (χ2v) is 13.8. The predicted octanol–water partition coefficient (Wildman–Crippen LogP) is 2.96. The summed E-state index contributed by atoms with van der Waals surface area (Å²) < 4.78 is 38.4. The molecule has 0 amide bonds. The van der Waals surface area contributed by atoms with E-state index in [2.05, 4.69) is 34.1 Å². The van der Waals surface area contributed by atoms with E-state index in [1.165, 1.54) is 6.92 Å². The maximum atomic E-state index is 14.4. The summed E-state index contributed by atoms with van der Waals surface area (Å²) in [6, 6.07) is 3.69. The Morgan fingerprint density at radius 1 is 1.11 bits per heavy atom. The molecule has 3 aliphatic heterocycles. The monoisotopic (exact) mass is 541 g/mol. The molecular weight excluding hydrogens is 509 g/mol. The predicted molar refractivity (Wildman–Crippen MR) is 145 cm³/mol. The summed E-state index contributed by atoms with van der Waals surface area (Å²) in [6.45, 7) is 7.14. The number of piperidine rings is 1. The van der Waals surface area contributed by atoms with E-state index in [4.69, 9.17) is 4.98 Å². The lowest BCUT2D eigenvalue weighted by Gasteiger charge is -2.55. The van der Waals surface area contributed by atoms with Crippen molar-refractivity contribution in [1.29, 1.82) is 0 Å². The number of aromatic nitrogens is 4. The average molecular weight is 542 g/mol. The van der Waals surface area contributed by atoms with Gasteiger partial charge in [0.2, 0.25) is 5.95 Å². The number of pyridine rings is 2. The normalized spacial score (nSPS) is 25.9. The number of anilines is 4. The van der Waals surface area contributed by atoms with Gasteiger partial charge in [-0.2, -0.15) is 4.98 Å². The van der Waals surface area contributed by atoms with Crippen molar-refractivity contribution in [2.75, 3.05) is 47.0 Å². The smallest absolute Gasteiger partial charge is 0.227 e. The van der Waals surface area contributed by atoms with Gasteiger partial charge in [-0.3, -0.25) is 0 Å². The minimum atomic E-state index is -3.01. The first-order valence-electron chi connectivity index (χ1n) is 13.0. The maximum absolute atomic E-state index is 14.4. The van der Waals surface area contributed by atoms with Crippen LogP contribution in [-0.2, 0) is 9.84 Å². The molecule has 3 aromatic rings. The van der Waals surface area contributed by atoms with E-state index in [1.807, 2.05) is 17.2 Å². The van der Waals surface area contributed by atoms with Crippen LogP contribution < -0.4 is 15.1 Å². The molecule has 3 aliphatic rings. The Morgan fingerprint density at radius 2 is 1.89 bits per heavy atom. The molecule has 0 aliphatic carbocycles. The summed E-state index contributed by atoms with van der Waals surface area (Å²) in [6.07, 6.45) is 4.87. The second kappa shape index (κ2) is 8.70. The summed E-state index contributed by atoms with van der Waals surface area (Å²) in [5.74, 6) is 2.75. The van der Waals surface area contributed by atoms with E-state index >= 15 is 0 Å². The van der Waals surface area contributed by atoms with Gasteiger partial charge in [0.25, 0.3) is 0 Å². The fourth-order valence-corrected chi connectivity index (χ4v) is 7.34. The van der Waals surface area contributed by atoms with Crippen molar-refractivity contribution in [1.82, 2.24) is 19.9 Å². The molecule has 202 valence electrons. The molecule has 10 nitrogen and oxygen atoms in total. The summed E-state index contributed by atoms with van der Waals surface area (Å²) >= 11 is 0. The molecule has 1 spiro atoms. The zero-order valence-corrected chi connectivity index (χ0v) is 22.5. The third-order valence-corrected chi connectivity index (χ3v) is 10.8. The van der Waals surface area contributed by atoms with E-state index < -0.39 is 26.4 Å². The molecule has 2 N–H and O–H groups in total. The SMILES string of the molecule is CC(C)c1cnc(N2CC3(CCS3(=O)=O)C2)c2cnc(Nc3ccnc(N4CC[C@](C)(O)[C@H](F)C4)n3)cc12. The molecule has 12 heteroatoms. The van der Waals surface area contributed by atoms with Gasteiger partial charge in [-0.25, -0.2) is 27.8 Å². The maximum Gasteiger partial charge on any atom is 0.227 e. The molecule has 0 aromatic carbocycles. The summed E-state index contributed by atoms with van der Waals surface area (Å²) in [5, 5.41) is 15.3. The Kier molecular flexibility index (Phi) is 5.76. The number of aliphatic hydroxyl groups is 1. The van der Waals surface area contributed by atoms with E-state index in [1.54, 1.807) is 23.4 Å². The number of sulfone groups is 1. The number of rotatable bonds is 5. The molecule has 6 heterocycles. The van der Waals surface area contributed by atoms with Crippen molar-refractivity contribution in [3.05, 3.63) is 36.3 Å². The Bertz CT molecular complexity index is 1510. The van der Waals surface area contributed by atoms with Gasteiger partial charge < -0.3 is 20.2 Å². The fourth-order valence-electron chi connectivity index (χ4n) is 5.52. The van der Waals surface area contributed by atoms with Crippen molar-refractivity contribution >= 4 is 44.0 Å². The third kappa shape index (κ3) is 4.05. The van der Waals surface area contributed by atoms with Crippen LogP contribution in [0.2, 0.25) is 0 Å². The molecule has 3 fully saturated rings. The fraction of sp³-hybridized carbons (Fsp3) is 0.538. The van der Waals surface area contributed by atoms with Crippen LogP contribution in [-0.4, -0.2) is 81.9 Å². The molecule has 0 unspecified atom stereocenters. The first kappa shape index (κ1) is 25.2. The topological polar surface area (TPSA) is 124 Å². The van der Waals surface area contributed by atoms with Gasteiger partial charge in [-0.15, -0.1) is 0 Å². The van der Waals surface area contributed by atoms with E-state index in [0.717, 1.165) is 22.2 Å². The van der Waals surface area contributed by atoms with Crippen LogP contribution in [0, 0.1) is 0 Å². The van der Waals surface area contributed by atoms with Crippen molar-refractivity contribution in [2.24, 2.45) is 0 Å². The minimum absolute atomic E-state index is 0.0251. The number of alkyl halides is 1. The van der Waals surface area contributed by atoms with E-state index in [0.29, 0.717) is 50.1 Å². The Balaban J connectivity index is 1.27. The average Bonchev–Trinajstić information content (AvgIpc) is 2.84. The summed E-state index contributed by atoms with van der Waals surface area (Å²) in [4.78, 5) is 22.0. The zero-order valence-electron chi connectivity index (χ0n) is 21.7. The number of nitrogens with zero attached hydrogens (tertiary/aromatic N) is 6. The minimum Gasteiger partial charge on any atom is -0.387 e. The molecule has 6 rings (SSSR count). The number of nitrogens with one attached hydrogen (secondary N) is 1. The lowest BCUT2D eigenvalue weighted by atomic mass is 9.92. The highest BCUT2D eigenvalue weighted by Gasteiger charge is 2.60. The van der Waals surface area contributed by atoms with E-state index in [-0.39, 0.29) is 18.2 Å². The van der Waals surface area contributed by atoms with Gasteiger partial charge in [0.1, 0.15) is 28.4 Å². The summed E-state index contributed by atoms with van der Waals surface area (Å²) in [7, 11) is -3.01. The number of halogens is 1. The number of hydrogen-bond acceptors (Lipinski definition) is 10. The van der Waals surface area contributed by atoms with Gasteiger partial charge in [0, 0.05) is 43.6 Å². The van der Waals surface area contributed by atoms with Gasteiger partial charge in [0.05, 0.1) is 17.9 Å². The Hall–Kier alpha value is -3.12. The molecule has 0 saturated carbocycles. The highest BCUT2D eigenvalue weighted by atomic mass is 32.2. The van der Waals surface area contributed by atoms with Crippen LogP contribution in [0.3, 0.4) is 0 Å². The number of fused-ring (bicyclic) bond motifs is 1. The molecule has 0 bridgehead atoms. The van der Waals surface area contributed by atoms with Crippen LogP contribution in [0.4, 0.5) is 27.8 Å². The standard InChI is InChI=1S/C26H32FN7O3S/c1-16(2)18-11-30-23(34-14-26(15-34)6-9-38(26,36)37)19-12-29-22(10-17(18)19)31-21-4-7-28-24(32-21)33-8-5-25(3,35)20(27)13-33/h4,7,10-12,16,20,35H,5-6,8-9,13-15H2,1-3H3,(H,28,29,31,32)/t20-,25+/m1/s1. The third-order valence-electron chi connectivity index (χ3n) is 8.27. The highest BCUT2D eigenvalue weighted by Crippen LogP contribution is 2.45. The second-order valence-electron chi connectivity index (χ2n) is 11.3. The van der Waals surface area contributed by atoms with Crippen LogP contribution in [0.15, 0.2) is 30.7 Å². The highest BCUT2D eigenvalue weighted by molar-refractivity contribution is 7.94. The van der Waals surface area contributed by atoms with Crippen molar-refractivity contribution in [2.45, 2.75) is 56.1 Å². The molecule has 0 radical (unpaired) electrons. The molecule has 38 heavy (non-hydrogen) atoms. The molecule has 3 saturated heterocycles. The first-order chi connectivity index (χ1) is 18.0. The van der Waals surface area contributed by atoms with Crippen LogP contribution in [0.1, 0.15) is 45.1 Å². The van der Waals surface area contributed by atoms with Gasteiger partial charge in [-0.05, 0) is 48.8 Å². The summed E-state index contributed by atoms with van der Waals surface area (Å²) in [5.41, 5.74) is -0.273. The van der Waals surface area contributed by atoms with E-state index in [9.17, 15) is 17.9 Å². The van der Waals surface area contributed by atoms with Crippen molar-refractivity contribution in [3.8, 4) is 0 Å². The van der Waals surface area contributed by atoms with Crippen LogP contribution in [0.5, 0.6) is 0 Å². The molecule has 2 atom stereocenters. The van der Waals surface area contributed by atoms with Crippen molar-refractivity contribution < 1.29 is 17.9 Å². The van der Waals surface area contributed by atoms with Gasteiger partial charge in [0.15, 0.2) is 9.84 Å². The lowest BCUT2D eigenvalue weighted by Crippen LogP contribution is -2.72. The largest absolute Gasteiger partial charge is 0.387 e. The lowest BCUT2D eigenvalue weighted by molar-refractivity contribution is -0.0332. The Morgan fingerprint density at radius 3 is 2.55 bits per heavy atom. The number of hydrogen-bond donors (Lipinski definition) is 2. The Labute approximate surface area is 221 Å². The van der Waals surface area contributed by atoms with Gasteiger partial charge in [-0.1, -0.05) is 13.8 Å².